The number of nitrogens with zero attached hydrogens (tertiary/aromatic N) is 1. The zero-order valence-electron chi connectivity index (χ0n) is 8.98. The zero-order valence-corrected chi connectivity index (χ0v) is 9.80. The van der Waals surface area contributed by atoms with E-state index in [4.69, 9.17) is 23.1 Å². The Morgan fingerprint density at radius 2 is 2.40 bits per heavy atom. The van der Waals surface area contributed by atoms with Crippen molar-refractivity contribution < 1.29 is 9.90 Å². The Kier molecular flexibility index (Phi) is 4.47. The van der Waals surface area contributed by atoms with Crippen LogP contribution in [-0.4, -0.2) is 40.6 Å². The van der Waals surface area contributed by atoms with Crippen molar-refractivity contribution in [2.24, 2.45) is 17.6 Å². The summed E-state index contributed by atoms with van der Waals surface area (Å²) in [4.78, 5) is 13.5. The van der Waals surface area contributed by atoms with Gasteiger partial charge >= 0.3 is 5.97 Å². The molecule has 5 heteroatoms. The molecule has 0 aromatic rings. The summed E-state index contributed by atoms with van der Waals surface area (Å²) in [6, 6.07) is 0. The summed E-state index contributed by atoms with van der Waals surface area (Å²) in [5.74, 6) is -0.757. The molecule has 3 N–H and O–H groups in total. The van der Waals surface area contributed by atoms with Crippen LogP contribution >= 0.6 is 12.2 Å². The average molecular weight is 230 g/mol. The molecule has 0 radical (unpaired) electrons. The van der Waals surface area contributed by atoms with Gasteiger partial charge in [-0.15, -0.1) is 0 Å². The molecule has 2 unspecified atom stereocenters. The van der Waals surface area contributed by atoms with E-state index in [-0.39, 0.29) is 11.8 Å². The highest BCUT2D eigenvalue weighted by molar-refractivity contribution is 7.80. The predicted molar refractivity (Wildman–Crippen MR) is 62.7 cm³/mol. The number of hydrogen-bond acceptors (Lipinski definition) is 3. The Balaban J connectivity index is 2.43. The van der Waals surface area contributed by atoms with Gasteiger partial charge < -0.3 is 15.7 Å². The molecular weight excluding hydrogens is 212 g/mol. The van der Waals surface area contributed by atoms with E-state index in [0.717, 1.165) is 25.9 Å². The van der Waals surface area contributed by atoms with Gasteiger partial charge in [-0.2, -0.15) is 0 Å². The number of carboxylic acids is 1. The van der Waals surface area contributed by atoms with Gasteiger partial charge in [0.25, 0.3) is 0 Å². The molecule has 1 heterocycles. The molecule has 0 bridgehead atoms. The molecule has 1 saturated heterocycles. The molecular formula is C10H18N2O2S. The third kappa shape index (κ3) is 3.76. The second kappa shape index (κ2) is 5.42. The average Bonchev–Trinajstić information content (AvgIpc) is 2.18. The molecule has 0 amide bonds. The summed E-state index contributed by atoms with van der Waals surface area (Å²) < 4.78 is 0. The smallest absolute Gasteiger partial charge is 0.307 e. The van der Waals surface area contributed by atoms with Crippen molar-refractivity contribution in [3.63, 3.8) is 0 Å². The van der Waals surface area contributed by atoms with Gasteiger partial charge in [-0.3, -0.25) is 4.79 Å². The molecule has 15 heavy (non-hydrogen) atoms. The fourth-order valence-electron chi connectivity index (χ4n) is 1.90. The first-order chi connectivity index (χ1) is 7.00. The van der Waals surface area contributed by atoms with Crippen molar-refractivity contribution in [1.82, 2.24) is 4.90 Å². The highest BCUT2D eigenvalue weighted by Crippen LogP contribution is 2.17. The first-order valence-corrected chi connectivity index (χ1v) is 5.66. The predicted octanol–water partition coefficient (Wildman–Crippen LogP) is 0.705. The highest BCUT2D eigenvalue weighted by Gasteiger charge is 2.26. The molecule has 86 valence electrons. The van der Waals surface area contributed by atoms with Crippen molar-refractivity contribution in [2.45, 2.75) is 19.8 Å². The molecule has 0 aromatic carbocycles. The molecule has 2 atom stereocenters. The fraction of sp³-hybridized carbons (Fsp3) is 0.800. The van der Waals surface area contributed by atoms with E-state index in [0.29, 0.717) is 11.5 Å². The van der Waals surface area contributed by atoms with Crippen LogP contribution < -0.4 is 5.73 Å². The minimum atomic E-state index is -0.692. The van der Waals surface area contributed by atoms with Crippen LogP contribution in [0.25, 0.3) is 0 Å². The Labute approximate surface area is 95.4 Å². The fourth-order valence-corrected chi connectivity index (χ4v) is 1.97. The van der Waals surface area contributed by atoms with Crippen LogP contribution in [0.2, 0.25) is 0 Å². The van der Waals surface area contributed by atoms with E-state index in [1.807, 2.05) is 6.92 Å². The number of nitrogens with two attached hydrogens (primary N) is 1. The number of carbonyl (C=O) groups is 1. The Hall–Kier alpha value is -0.680. The summed E-state index contributed by atoms with van der Waals surface area (Å²) in [5.41, 5.74) is 5.54. The molecule has 1 aliphatic rings. The van der Waals surface area contributed by atoms with E-state index in [2.05, 4.69) is 4.90 Å². The van der Waals surface area contributed by atoms with E-state index in [1.54, 1.807) is 0 Å². The molecule has 0 spiro atoms. The molecule has 1 aliphatic heterocycles. The lowest BCUT2D eigenvalue weighted by Crippen LogP contribution is -2.42. The number of aliphatic carboxylic acids is 1. The van der Waals surface area contributed by atoms with Crippen molar-refractivity contribution in [1.29, 1.82) is 0 Å². The van der Waals surface area contributed by atoms with Gasteiger partial charge in [0.15, 0.2) is 0 Å². The van der Waals surface area contributed by atoms with Gasteiger partial charge in [-0.25, -0.2) is 0 Å². The lowest BCUT2D eigenvalue weighted by Gasteiger charge is -2.32. The van der Waals surface area contributed by atoms with Crippen molar-refractivity contribution >= 4 is 23.2 Å². The van der Waals surface area contributed by atoms with Crippen LogP contribution in [0, 0.1) is 11.8 Å². The van der Waals surface area contributed by atoms with Gasteiger partial charge in [0.2, 0.25) is 0 Å². The van der Waals surface area contributed by atoms with Crippen LogP contribution in [-0.2, 0) is 4.79 Å². The van der Waals surface area contributed by atoms with Crippen LogP contribution in [0.5, 0.6) is 0 Å². The highest BCUT2D eigenvalue weighted by atomic mass is 32.1. The van der Waals surface area contributed by atoms with Crippen molar-refractivity contribution in [2.75, 3.05) is 19.6 Å². The number of rotatable bonds is 4. The molecule has 0 aromatic heterocycles. The number of thiocarbonyl (C=S) groups is 1. The van der Waals surface area contributed by atoms with E-state index >= 15 is 0 Å². The second-order valence-corrected chi connectivity index (χ2v) is 4.71. The maximum atomic E-state index is 10.8. The Morgan fingerprint density at radius 3 is 2.93 bits per heavy atom. The molecule has 0 aliphatic carbocycles. The third-order valence-electron chi connectivity index (χ3n) is 2.87. The van der Waals surface area contributed by atoms with Crippen LogP contribution in [0.1, 0.15) is 19.8 Å². The van der Waals surface area contributed by atoms with Crippen molar-refractivity contribution in [3.8, 4) is 0 Å². The first-order valence-electron chi connectivity index (χ1n) is 5.25. The normalized spacial score (nSPS) is 24.7. The number of hydrogen-bond donors (Lipinski definition) is 2. The third-order valence-corrected chi connectivity index (χ3v) is 3.27. The van der Waals surface area contributed by atoms with Crippen LogP contribution in [0.3, 0.4) is 0 Å². The van der Waals surface area contributed by atoms with Gasteiger partial charge in [0.1, 0.15) is 0 Å². The van der Waals surface area contributed by atoms with Gasteiger partial charge in [-0.1, -0.05) is 19.1 Å². The van der Waals surface area contributed by atoms with Crippen LogP contribution in [0.4, 0.5) is 0 Å². The summed E-state index contributed by atoms with van der Waals surface area (Å²) >= 11 is 4.90. The second-order valence-electron chi connectivity index (χ2n) is 4.24. The first kappa shape index (κ1) is 12.4. The summed E-state index contributed by atoms with van der Waals surface area (Å²) in [5, 5.41) is 8.92. The number of piperidine rings is 1. The molecule has 4 nitrogen and oxygen atoms in total. The minimum Gasteiger partial charge on any atom is -0.481 e. The topological polar surface area (TPSA) is 66.6 Å². The SMILES string of the molecule is CC(CN1CCCC(C(=O)O)C1)C(N)=S. The van der Waals surface area contributed by atoms with Gasteiger partial charge in [0, 0.05) is 19.0 Å². The number of likely N-dealkylation sites (tertiary alicyclic amines) is 1. The lowest BCUT2D eigenvalue weighted by molar-refractivity contribution is -0.143. The van der Waals surface area contributed by atoms with E-state index in [1.165, 1.54) is 0 Å². The zero-order chi connectivity index (χ0) is 11.4. The maximum Gasteiger partial charge on any atom is 0.307 e. The summed E-state index contributed by atoms with van der Waals surface area (Å²) in [7, 11) is 0. The van der Waals surface area contributed by atoms with Crippen molar-refractivity contribution in [3.05, 3.63) is 0 Å². The standard InChI is InChI=1S/C10H18N2O2S/c1-7(9(11)15)5-12-4-2-3-8(6-12)10(13)14/h7-8H,2-6H2,1H3,(H2,11,15)(H,13,14). The summed E-state index contributed by atoms with van der Waals surface area (Å²) in [6.07, 6.45) is 1.73. The molecule has 0 saturated carbocycles. The Bertz CT molecular complexity index is 256. The van der Waals surface area contributed by atoms with Gasteiger partial charge in [-0.05, 0) is 19.4 Å². The van der Waals surface area contributed by atoms with Gasteiger partial charge in [0.05, 0.1) is 10.9 Å². The summed E-state index contributed by atoms with van der Waals surface area (Å²) in [6.45, 7) is 4.34. The monoisotopic (exact) mass is 230 g/mol. The largest absolute Gasteiger partial charge is 0.481 e. The minimum absolute atomic E-state index is 0.160. The van der Waals surface area contributed by atoms with E-state index in [9.17, 15) is 4.79 Å². The quantitative estimate of drug-likeness (QED) is 0.696. The lowest BCUT2D eigenvalue weighted by atomic mass is 9.97. The van der Waals surface area contributed by atoms with E-state index < -0.39 is 5.97 Å². The van der Waals surface area contributed by atoms with Crippen LogP contribution in [0.15, 0.2) is 0 Å². The maximum absolute atomic E-state index is 10.8. The molecule has 1 fully saturated rings. The Morgan fingerprint density at radius 1 is 1.73 bits per heavy atom. The molecule has 1 rings (SSSR count). The number of carboxylic acid groups (broad SMARTS) is 1.